The van der Waals surface area contributed by atoms with Gasteiger partial charge in [0.15, 0.2) is 0 Å². The van der Waals surface area contributed by atoms with E-state index in [0.717, 1.165) is 19.3 Å². The third-order valence-electron chi connectivity index (χ3n) is 4.31. The van der Waals surface area contributed by atoms with Gasteiger partial charge in [-0.1, -0.05) is 25.5 Å². The van der Waals surface area contributed by atoms with Gasteiger partial charge in [0.1, 0.15) is 0 Å². The molecule has 1 aromatic carbocycles. The zero-order valence-electron chi connectivity index (χ0n) is 11.9. The number of rotatable bonds is 4. The predicted octanol–water partition coefficient (Wildman–Crippen LogP) is 4.10. The van der Waals surface area contributed by atoms with Crippen LogP contribution in [0.3, 0.4) is 0 Å². The van der Waals surface area contributed by atoms with Gasteiger partial charge in [0.25, 0.3) is 0 Å². The van der Waals surface area contributed by atoms with Crippen LogP contribution in [-0.4, -0.2) is 17.2 Å². The van der Waals surface area contributed by atoms with Crippen molar-refractivity contribution in [1.29, 1.82) is 0 Å². The average Bonchev–Trinajstić information content (AvgIpc) is 2.80. The van der Waals surface area contributed by atoms with Crippen molar-refractivity contribution >= 4 is 11.8 Å². The van der Waals surface area contributed by atoms with Gasteiger partial charge in [-0.2, -0.15) is 13.2 Å². The molecule has 0 saturated heterocycles. The van der Waals surface area contributed by atoms with Gasteiger partial charge in [-0.05, 0) is 48.2 Å². The molecule has 3 N–H and O–H groups in total. The molecule has 21 heavy (non-hydrogen) atoms. The SMILES string of the molecule is CC1CCC(CN)(C(O)c2ccc(SC(F)(F)F)cc2)C1. The zero-order chi connectivity index (χ0) is 15.7. The van der Waals surface area contributed by atoms with Crippen LogP contribution in [0.2, 0.25) is 0 Å². The molecule has 0 aromatic heterocycles. The molecule has 0 spiro atoms. The van der Waals surface area contributed by atoms with E-state index in [4.69, 9.17) is 5.73 Å². The van der Waals surface area contributed by atoms with Crippen LogP contribution in [0.15, 0.2) is 29.2 Å². The third-order valence-corrected chi connectivity index (χ3v) is 5.05. The van der Waals surface area contributed by atoms with Crippen LogP contribution in [0.1, 0.15) is 37.9 Å². The lowest BCUT2D eigenvalue weighted by Crippen LogP contribution is -2.34. The predicted molar refractivity (Wildman–Crippen MR) is 77.8 cm³/mol. The quantitative estimate of drug-likeness (QED) is 0.822. The first-order valence-electron chi connectivity index (χ1n) is 6.99. The van der Waals surface area contributed by atoms with Crippen molar-refractivity contribution < 1.29 is 18.3 Å². The molecule has 2 rings (SSSR count). The number of thioether (sulfide) groups is 1. The summed E-state index contributed by atoms with van der Waals surface area (Å²) >= 11 is -0.148. The van der Waals surface area contributed by atoms with Gasteiger partial charge in [0.2, 0.25) is 0 Å². The highest BCUT2D eigenvalue weighted by atomic mass is 32.2. The molecule has 3 atom stereocenters. The Morgan fingerprint density at radius 3 is 2.43 bits per heavy atom. The van der Waals surface area contributed by atoms with Crippen LogP contribution in [-0.2, 0) is 0 Å². The Bertz CT molecular complexity index is 477. The van der Waals surface area contributed by atoms with Crippen molar-refractivity contribution in [3.63, 3.8) is 0 Å². The fraction of sp³-hybridized carbons (Fsp3) is 0.600. The normalized spacial score (nSPS) is 27.8. The van der Waals surface area contributed by atoms with Gasteiger partial charge in [-0.3, -0.25) is 0 Å². The summed E-state index contributed by atoms with van der Waals surface area (Å²) in [6.07, 6.45) is 2.00. The second-order valence-corrected chi connectivity index (χ2v) is 7.07. The number of hydrogen-bond acceptors (Lipinski definition) is 3. The Labute approximate surface area is 126 Å². The molecule has 1 fully saturated rings. The Hall–Kier alpha value is -0.720. The van der Waals surface area contributed by atoms with Gasteiger partial charge < -0.3 is 10.8 Å². The van der Waals surface area contributed by atoms with Crippen molar-refractivity contribution in [2.75, 3.05) is 6.54 Å². The molecule has 0 amide bonds. The molecule has 6 heteroatoms. The van der Waals surface area contributed by atoms with Gasteiger partial charge in [-0.15, -0.1) is 0 Å². The maximum absolute atomic E-state index is 12.3. The van der Waals surface area contributed by atoms with Crippen molar-refractivity contribution in [3.05, 3.63) is 29.8 Å². The Morgan fingerprint density at radius 1 is 1.38 bits per heavy atom. The van der Waals surface area contributed by atoms with E-state index in [0.29, 0.717) is 18.0 Å². The molecule has 118 valence electrons. The molecule has 1 aliphatic carbocycles. The van der Waals surface area contributed by atoms with Gasteiger partial charge in [0.05, 0.1) is 6.10 Å². The fourth-order valence-corrected chi connectivity index (χ4v) is 3.72. The second-order valence-electron chi connectivity index (χ2n) is 5.93. The summed E-state index contributed by atoms with van der Waals surface area (Å²) in [6.45, 7) is 2.52. The minimum Gasteiger partial charge on any atom is -0.388 e. The van der Waals surface area contributed by atoms with Crippen LogP contribution < -0.4 is 5.73 Å². The molecular formula is C15H20F3NOS. The number of aliphatic hydroxyl groups is 1. The number of aliphatic hydroxyl groups excluding tert-OH is 1. The lowest BCUT2D eigenvalue weighted by atomic mass is 9.77. The van der Waals surface area contributed by atoms with Gasteiger partial charge in [-0.25, -0.2) is 0 Å². The summed E-state index contributed by atoms with van der Waals surface area (Å²) in [5, 5.41) is 10.6. The maximum Gasteiger partial charge on any atom is 0.446 e. The molecular weight excluding hydrogens is 299 g/mol. The van der Waals surface area contributed by atoms with Gasteiger partial charge >= 0.3 is 5.51 Å². The van der Waals surface area contributed by atoms with E-state index in [1.54, 1.807) is 12.1 Å². The summed E-state index contributed by atoms with van der Waals surface area (Å²) in [7, 11) is 0. The third kappa shape index (κ3) is 3.93. The van der Waals surface area contributed by atoms with Crippen molar-refractivity contribution in [1.82, 2.24) is 0 Å². The zero-order valence-corrected chi connectivity index (χ0v) is 12.7. The number of benzene rings is 1. The first-order valence-corrected chi connectivity index (χ1v) is 7.81. The molecule has 0 radical (unpaired) electrons. The summed E-state index contributed by atoms with van der Waals surface area (Å²) in [5.41, 5.74) is 1.87. The minimum atomic E-state index is -4.29. The highest BCUT2D eigenvalue weighted by Crippen LogP contribution is 2.49. The first kappa shape index (κ1) is 16.6. The lowest BCUT2D eigenvalue weighted by molar-refractivity contribution is -0.0328. The molecule has 0 bridgehead atoms. The largest absolute Gasteiger partial charge is 0.446 e. The Balaban J connectivity index is 2.14. The number of hydrogen-bond donors (Lipinski definition) is 2. The van der Waals surface area contributed by atoms with Crippen molar-refractivity contribution in [2.24, 2.45) is 17.1 Å². The van der Waals surface area contributed by atoms with E-state index in [2.05, 4.69) is 6.92 Å². The van der Waals surface area contributed by atoms with Crippen LogP contribution in [0.5, 0.6) is 0 Å². The first-order chi connectivity index (χ1) is 9.76. The van der Waals surface area contributed by atoms with E-state index in [1.807, 2.05) is 0 Å². The van der Waals surface area contributed by atoms with Crippen molar-refractivity contribution in [2.45, 2.75) is 42.7 Å². The standard InChI is InChI=1S/C15H20F3NOS/c1-10-6-7-14(8-10,9-19)13(20)11-2-4-12(5-3-11)21-15(16,17)18/h2-5,10,13,20H,6-9,19H2,1H3. The van der Waals surface area contributed by atoms with Crippen LogP contribution in [0.4, 0.5) is 13.2 Å². The highest BCUT2D eigenvalue weighted by Gasteiger charge is 2.42. The molecule has 1 aromatic rings. The summed E-state index contributed by atoms with van der Waals surface area (Å²) in [4.78, 5) is 0.125. The molecule has 1 saturated carbocycles. The van der Waals surface area contributed by atoms with Crippen LogP contribution >= 0.6 is 11.8 Å². The maximum atomic E-state index is 12.3. The summed E-state index contributed by atoms with van der Waals surface area (Å²) < 4.78 is 36.9. The minimum absolute atomic E-state index is 0.125. The highest BCUT2D eigenvalue weighted by molar-refractivity contribution is 8.00. The average molecular weight is 319 g/mol. The molecule has 1 aliphatic rings. The van der Waals surface area contributed by atoms with Crippen LogP contribution in [0.25, 0.3) is 0 Å². The fourth-order valence-electron chi connectivity index (χ4n) is 3.18. The number of halogens is 3. The monoisotopic (exact) mass is 319 g/mol. The van der Waals surface area contributed by atoms with Gasteiger partial charge in [0, 0.05) is 16.9 Å². The Kier molecular flexibility index (Phi) is 4.90. The van der Waals surface area contributed by atoms with E-state index >= 15 is 0 Å². The molecule has 2 nitrogen and oxygen atoms in total. The summed E-state index contributed by atoms with van der Waals surface area (Å²) in [5.74, 6) is 0.517. The van der Waals surface area contributed by atoms with E-state index in [-0.39, 0.29) is 22.1 Å². The molecule has 0 heterocycles. The van der Waals surface area contributed by atoms with Crippen LogP contribution in [0, 0.1) is 11.3 Å². The summed E-state index contributed by atoms with van der Waals surface area (Å²) in [6, 6.07) is 5.94. The van der Waals surface area contributed by atoms with E-state index < -0.39 is 11.6 Å². The number of nitrogens with two attached hydrogens (primary N) is 1. The smallest absolute Gasteiger partial charge is 0.388 e. The lowest BCUT2D eigenvalue weighted by Gasteiger charge is -2.33. The topological polar surface area (TPSA) is 46.2 Å². The Morgan fingerprint density at radius 2 is 2.00 bits per heavy atom. The second kappa shape index (κ2) is 6.18. The molecule has 0 aliphatic heterocycles. The van der Waals surface area contributed by atoms with E-state index in [1.165, 1.54) is 12.1 Å². The molecule has 3 unspecified atom stereocenters. The van der Waals surface area contributed by atoms with E-state index in [9.17, 15) is 18.3 Å². The van der Waals surface area contributed by atoms with Crippen molar-refractivity contribution in [3.8, 4) is 0 Å². The number of alkyl halides is 3.